The molecule has 1 heterocycles. The van der Waals surface area contributed by atoms with Crippen molar-refractivity contribution in [3.63, 3.8) is 0 Å². The molecule has 0 radical (unpaired) electrons. The summed E-state index contributed by atoms with van der Waals surface area (Å²) in [6.07, 6.45) is 1.19. The van der Waals surface area contributed by atoms with Crippen LogP contribution in [0.2, 0.25) is 0 Å². The molecule has 0 aliphatic carbocycles. The van der Waals surface area contributed by atoms with Crippen molar-refractivity contribution in [3.8, 4) is 11.5 Å². The van der Waals surface area contributed by atoms with Gasteiger partial charge in [-0.1, -0.05) is 18.2 Å². The van der Waals surface area contributed by atoms with E-state index in [0.29, 0.717) is 0 Å². The lowest BCUT2D eigenvalue weighted by Gasteiger charge is -2.02. The van der Waals surface area contributed by atoms with Gasteiger partial charge in [-0.3, -0.25) is 4.79 Å². The van der Waals surface area contributed by atoms with Crippen molar-refractivity contribution in [1.29, 1.82) is 0 Å². The van der Waals surface area contributed by atoms with Crippen LogP contribution in [0.3, 0.4) is 0 Å². The van der Waals surface area contributed by atoms with Crippen LogP contribution in [0, 0.1) is 0 Å². The summed E-state index contributed by atoms with van der Waals surface area (Å²) in [6.45, 7) is 0. The highest BCUT2D eigenvalue weighted by Gasteiger charge is 2.19. The summed E-state index contributed by atoms with van der Waals surface area (Å²) >= 11 is 0. The summed E-state index contributed by atoms with van der Waals surface area (Å²) in [5, 5.41) is 22.6. The van der Waals surface area contributed by atoms with Crippen molar-refractivity contribution in [2.24, 2.45) is 5.10 Å². The van der Waals surface area contributed by atoms with Crippen LogP contribution in [-0.4, -0.2) is 30.8 Å². The fourth-order valence-corrected chi connectivity index (χ4v) is 3.60. The van der Waals surface area contributed by atoms with Crippen molar-refractivity contribution < 1.29 is 27.8 Å². The Bertz CT molecular complexity index is 1120. The lowest BCUT2D eigenvalue weighted by Crippen LogP contribution is -2.16. The van der Waals surface area contributed by atoms with E-state index in [0.717, 1.165) is 6.07 Å². The molecule has 1 aromatic heterocycles. The van der Waals surface area contributed by atoms with Crippen molar-refractivity contribution >= 4 is 22.0 Å². The SMILES string of the molecule is O=C(N/N=C/c1ccc(O)cc1O)c1ccc(CS(=O)(=O)c2ccccc2)o1. The number of amides is 1. The monoisotopic (exact) mass is 400 g/mol. The van der Waals surface area contributed by atoms with E-state index in [9.17, 15) is 23.4 Å². The Morgan fingerprint density at radius 1 is 1.07 bits per heavy atom. The maximum Gasteiger partial charge on any atom is 0.307 e. The number of carbonyl (C=O) groups excluding carboxylic acids is 1. The average Bonchev–Trinajstić information content (AvgIpc) is 3.12. The zero-order valence-electron chi connectivity index (χ0n) is 14.4. The second kappa shape index (κ2) is 7.97. The highest BCUT2D eigenvalue weighted by atomic mass is 32.2. The number of carbonyl (C=O) groups is 1. The summed E-state index contributed by atoms with van der Waals surface area (Å²) in [7, 11) is -3.59. The number of furan rings is 1. The molecule has 0 saturated heterocycles. The van der Waals surface area contributed by atoms with Crippen LogP contribution in [0.1, 0.15) is 21.9 Å². The van der Waals surface area contributed by atoms with Gasteiger partial charge in [-0.15, -0.1) is 0 Å². The number of hydrogen-bond acceptors (Lipinski definition) is 7. The highest BCUT2D eigenvalue weighted by molar-refractivity contribution is 7.90. The van der Waals surface area contributed by atoms with Gasteiger partial charge < -0.3 is 14.6 Å². The number of phenolic OH excluding ortho intramolecular Hbond substituents is 2. The maximum absolute atomic E-state index is 12.3. The number of benzene rings is 2. The molecule has 144 valence electrons. The van der Waals surface area contributed by atoms with Crippen LogP contribution >= 0.6 is 0 Å². The molecule has 0 saturated carbocycles. The third kappa shape index (κ3) is 4.57. The van der Waals surface area contributed by atoms with Gasteiger partial charge in [0.25, 0.3) is 0 Å². The number of nitrogens with one attached hydrogen (secondary N) is 1. The van der Waals surface area contributed by atoms with Gasteiger partial charge in [-0.2, -0.15) is 5.10 Å². The number of nitrogens with zero attached hydrogens (tertiary/aromatic N) is 1. The van der Waals surface area contributed by atoms with E-state index in [4.69, 9.17) is 4.42 Å². The van der Waals surface area contributed by atoms with Gasteiger partial charge in [0, 0.05) is 11.6 Å². The average molecular weight is 400 g/mol. The van der Waals surface area contributed by atoms with Crippen molar-refractivity contribution in [2.75, 3.05) is 0 Å². The van der Waals surface area contributed by atoms with Gasteiger partial charge in [-0.25, -0.2) is 13.8 Å². The molecule has 0 unspecified atom stereocenters. The second-order valence-electron chi connectivity index (χ2n) is 5.78. The molecule has 3 rings (SSSR count). The highest BCUT2D eigenvalue weighted by Crippen LogP contribution is 2.21. The molecule has 0 atom stereocenters. The Morgan fingerprint density at radius 3 is 2.54 bits per heavy atom. The van der Waals surface area contributed by atoms with E-state index in [1.165, 1.54) is 42.6 Å². The molecule has 1 amide bonds. The van der Waals surface area contributed by atoms with Crippen LogP contribution in [0.5, 0.6) is 11.5 Å². The van der Waals surface area contributed by atoms with Gasteiger partial charge in [0.15, 0.2) is 15.6 Å². The molecule has 2 aromatic carbocycles. The maximum atomic E-state index is 12.3. The number of hydrogen-bond donors (Lipinski definition) is 3. The summed E-state index contributed by atoms with van der Waals surface area (Å²) in [5.74, 6) is -1.36. The van der Waals surface area contributed by atoms with Gasteiger partial charge in [0.05, 0.1) is 11.1 Å². The molecule has 3 N–H and O–H groups in total. The molecular weight excluding hydrogens is 384 g/mol. The van der Waals surface area contributed by atoms with E-state index in [1.54, 1.807) is 18.2 Å². The fourth-order valence-electron chi connectivity index (χ4n) is 2.33. The second-order valence-corrected chi connectivity index (χ2v) is 7.77. The minimum atomic E-state index is -3.59. The summed E-state index contributed by atoms with van der Waals surface area (Å²) in [5.41, 5.74) is 2.50. The van der Waals surface area contributed by atoms with Crippen LogP contribution in [-0.2, 0) is 15.6 Å². The molecule has 0 aliphatic heterocycles. The standard InChI is InChI=1S/C19H16N2O6S/c22-14-7-6-13(17(23)10-14)11-20-21-19(24)18-9-8-15(27-18)12-28(25,26)16-4-2-1-3-5-16/h1-11,22-23H,12H2,(H,21,24)/b20-11+. The first-order valence-electron chi connectivity index (χ1n) is 8.07. The molecule has 0 aliphatic rings. The molecule has 0 fully saturated rings. The molecule has 0 spiro atoms. The molecule has 28 heavy (non-hydrogen) atoms. The number of sulfone groups is 1. The third-order valence-corrected chi connectivity index (χ3v) is 5.36. The molecular formula is C19H16N2O6S. The number of rotatable bonds is 6. The first-order chi connectivity index (χ1) is 13.3. The third-order valence-electron chi connectivity index (χ3n) is 3.70. The lowest BCUT2D eigenvalue weighted by atomic mass is 10.2. The van der Waals surface area contributed by atoms with E-state index in [-0.39, 0.29) is 39.2 Å². The summed E-state index contributed by atoms with van der Waals surface area (Å²) in [6, 6.07) is 14.6. The zero-order chi connectivity index (χ0) is 20.1. The van der Waals surface area contributed by atoms with E-state index >= 15 is 0 Å². The van der Waals surface area contributed by atoms with E-state index in [1.807, 2.05) is 0 Å². The van der Waals surface area contributed by atoms with Gasteiger partial charge in [-0.05, 0) is 36.4 Å². The minimum absolute atomic E-state index is 0.104. The molecule has 8 nitrogen and oxygen atoms in total. The van der Waals surface area contributed by atoms with Gasteiger partial charge in [0.2, 0.25) is 0 Å². The largest absolute Gasteiger partial charge is 0.508 e. The number of aromatic hydroxyl groups is 2. The van der Waals surface area contributed by atoms with Crippen LogP contribution in [0.4, 0.5) is 0 Å². The zero-order valence-corrected chi connectivity index (χ0v) is 15.3. The Balaban J connectivity index is 1.65. The van der Waals surface area contributed by atoms with Crippen LogP contribution in [0.25, 0.3) is 0 Å². The van der Waals surface area contributed by atoms with Crippen LogP contribution < -0.4 is 5.43 Å². The number of phenols is 2. The van der Waals surface area contributed by atoms with E-state index < -0.39 is 15.7 Å². The van der Waals surface area contributed by atoms with Crippen molar-refractivity contribution in [3.05, 3.63) is 77.7 Å². The van der Waals surface area contributed by atoms with Gasteiger partial charge >= 0.3 is 5.91 Å². The molecule has 0 bridgehead atoms. The van der Waals surface area contributed by atoms with Crippen molar-refractivity contribution in [2.45, 2.75) is 10.6 Å². The minimum Gasteiger partial charge on any atom is -0.508 e. The Kier molecular flexibility index (Phi) is 5.46. The Labute approximate surface area is 160 Å². The Morgan fingerprint density at radius 2 is 1.82 bits per heavy atom. The van der Waals surface area contributed by atoms with Crippen molar-refractivity contribution in [1.82, 2.24) is 5.43 Å². The molecule has 3 aromatic rings. The van der Waals surface area contributed by atoms with Crippen LogP contribution in [0.15, 0.2) is 75.1 Å². The predicted molar refractivity (Wildman–Crippen MR) is 101 cm³/mol. The molecule has 9 heteroatoms. The smallest absolute Gasteiger partial charge is 0.307 e. The summed E-state index contributed by atoms with van der Waals surface area (Å²) < 4.78 is 30.0. The topological polar surface area (TPSA) is 129 Å². The first-order valence-corrected chi connectivity index (χ1v) is 9.72. The number of hydrazone groups is 1. The fraction of sp³-hybridized carbons (Fsp3) is 0.0526. The van der Waals surface area contributed by atoms with E-state index in [2.05, 4.69) is 10.5 Å². The summed E-state index contributed by atoms with van der Waals surface area (Å²) in [4.78, 5) is 12.2. The lowest BCUT2D eigenvalue weighted by molar-refractivity contribution is 0.0926. The quantitative estimate of drug-likeness (QED) is 0.430. The normalized spacial score (nSPS) is 11.6. The Hall–Kier alpha value is -3.59. The van der Waals surface area contributed by atoms with Gasteiger partial charge in [0.1, 0.15) is 23.0 Å². The first kappa shape index (κ1) is 19.2. The predicted octanol–water partition coefficient (Wildman–Crippen LogP) is 2.43.